The number of halogens is 1. The second kappa shape index (κ2) is 7.18. The summed E-state index contributed by atoms with van der Waals surface area (Å²) in [6.45, 7) is 0.340. The van der Waals surface area contributed by atoms with E-state index in [1.54, 1.807) is 0 Å². The number of nitrogens with zero attached hydrogens (tertiary/aromatic N) is 3. The van der Waals surface area contributed by atoms with Crippen LogP contribution in [0.1, 0.15) is 12.0 Å². The van der Waals surface area contributed by atoms with Gasteiger partial charge >= 0.3 is 0 Å². The number of morpholine rings is 1. The minimum Gasteiger partial charge on any atom is -0.366 e. The van der Waals surface area contributed by atoms with Crippen LogP contribution in [0.25, 0.3) is 11.4 Å². The van der Waals surface area contributed by atoms with Crippen molar-refractivity contribution in [3.63, 3.8) is 0 Å². The summed E-state index contributed by atoms with van der Waals surface area (Å²) in [5, 5.41) is 3.93. The van der Waals surface area contributed by atoms with Gasteiger partial charge in [0.05, 0.1) is 11.5 Å². The Labute approximate surface area is 155 Å². The number of hydrogen-bond donors (Lipinski definition) is 0. The van der Waals surface area contributed by atoms with Crippen LogP contribution in [0.4, 0.5) is 4.39 Å². The van der Waals surface area contributed by atoms with Gasteiger partial charge in [-0.1, -0.05) is 41.6 Å². The maximum absolute atomic E-state index is 13.4. The highest BCUT2D eigenvalue weighted by atomic mass is 32.2. The lowest BCUT2D eigenvalue weighted by atomic mass is 10.2. The van der Waals surface area contributed by atoms with Crippen molar-refractivity contribution in [3.8, 4) is 11.4 Å². The molecule has 1 atom stereocenters. The first kappa shape index (κ1) is 17.8. The van der Waals surface area contributed by atoms with Gasteiger partial charge in [-0.05, 0) is 18.2 Å². The molecular formula is C18H16FN3O4S. The average molecular weight is 389 g/mol. The summed E-state index contributed by atoms with van der Waals surface area (Å²) < 4.78 is 51.1. The minimum atomic E-state index is -3.85. The summed E-state index contributed by atoms with van der Waals surface area (Å²) in [7, 11) is -3.85. The van der Waals surface area contributed by atoms with Gasteiger partial charge in [-0.3, -0.25) is 0 Å². The van der Waals surface area contributed by atoms with Gasteiger partial charge in [-0.2, -0.15) is 9.29 Å². The zero-order chi connectivity index (χ0) is 18.9. The highest BCUT2D eigenvalue weighted by Gasteiger charge is 2.34. The molecule has 140 valence electrons. The van der Waals surface area contributed by atoms with Gasteiger partial charge in [-0.15, -0.1) is 0 Å². The summed E-state index contributed by atoms with van der Waals surface area (Å²) in [6, 6.07) is 14.2. The van der Waals surface area contributed by atoms with E-state index < -0.39 is 21.9 Å². The summed E-state index contributed by atoms with van der Waals surface area (Å²) in [4.78, 5) is 4.22. The fourth-order valence-corrected chi connectivity index (χ4v) is 4.30. The molecule has 2 heterocycles. The lowest BCUT2D eigenvalue weighted by Gasteiger charge is -2.30. The van der Waals surface area contributed by atoms with Crippen LogP contribution in [-0.2, 0) is 14.8 Å². The van der Waals surface area contributed by atoms with Crippen LogP contribution < -0.4 is 0 Å². The molecule has 1 aliphatic rings. The Balaban J connectivity index is 1.56. The van der Waals surface area contributed by atoms with Gasteiger partial charge in [-0.25, -0.2) is 12.8 Å². The van der Waals surface area contributed by atoms with E-state index in [0.29, 0.717) is 5.82 Å². The van der Waals surface area contributed by atoms with E-state index >= 15 is 0 Å². The molecule has 0 radical (unpaired) electrons. The molecule has 4 rings (SSSR count). The van der Waals surface area contributed by atoms with Crippen LogP contribution in [0.5, 0.6) is 0 Å². The Morgan fingerprint density at radius 1 is 1.11 bits per heavy atom. The van der Waals surface area contributed by atoms with Gasteiger partial charge in [0.15, 0.2) is 6.10 Å². The molecule has 7 nitrogen and oxygen atoms in total. The quantitative estimate of drug-likeness (QED) is 0.682. The van der Waals surface area contributed by atoms with Crippen LogP contribution in [0.3, 0.4) is 0 Å². The molecule has 1 aliphatic heterocycles. The van der Waals surface area contributed by atoms with Gasteiger partial charge < -0.3 is 9.26 Å². The molecule has 0 spiro atoms. The molecule has 0 amide bonds. The molecular weight excluding hydrogens is 373 g/mol. The number of hydrogen-bond acceptors (Lipinski definition) is 6. The molecule has 1 aromatic heterocycles. The van der Waals surface area contributed by atoms with E-state index in [4.69, 9.17) is 9.26 Å². The van der Waals surface area contributed by atoms with Crippen molar-refractivity contribution in [2.24, 2.45) is 0 Å². The topological polar surface area (TPSA) is 85.5 Å². The first-order valence-electron chi connectivity index (χ1n) is 8.30. The lowest BCUT2D eigenvalue weighted by Crippen LogP contribution is -2.42. The molecule has 0 bridgehead atoms. The Kier molecular flexibility index (Phi) is 4.73. The average Bonchev–Trinajstić information content (AvgIpc) is 3.19. The molecule has 0 saturated carbocycles. The summed E-state index contributed by atoms with van der Waals surface area (Å²) in [5.74, 6) is -0.00223. The van der Waals surface area contributed by atoms with Crippen molar-refractivity contribution < 1.29 is 22.1 Å². The van der Waals surface area contributed by atoms with E-state index in [0.717, 1.165) is 11.6 Å². The zero-order valence-corrected chi connectivity index (χ0v) is 15.0. The Morgan fingerprint density at radius 3 is 2.70 bits per heavy atom. The number of rotatable bonds is 4. The Morgan fingerprint density at radius 2 is 1.93 bits per heavy atom. The van der Waals surface area contributed by atoms with E-state index in [9.17, 15) is 12.8 Å². The predicted molar refractivity (Wildman–Crippen MR) is 93.6 cm³/mol. The third-order valence-corrected chi connectivity index (χ3v) is 6.07. The van der Waals surface area contributed by atoms with Gasteiger partial charge in [0, 0.05) is 18.7 Å². The Hall–Kier alpha value is -2.62. The van der Waals surface area contributed by atoms with Crippen molar-refractivity contribution in [2.75, 3.05) is 19.7 Å². The molecule has 1 saturated heterocycles. The maximum atomic E-state index is 13.4. The first-order valence-corrected chi connectivity index (χ1v) is 9.74. The third-order valence-electron chi connectivity index (χ3n) is 4.21. The van der Waals surface area contributed by atoms with Crippen molar-refractivity contribution in [2.45, 2.75) is 11.0 Å². The molecule has 1 unspecified atom stereocenters. The predicted octanol–water partition coefficient (Wildman–Crippen LogP) is 2.64. The summed E-state index contributed by atoms with van der Waals surface area (Å²) >= 11 is 0. The normalized spacial score (nSPS) is 18.5. The minimum absolute atomic E-state index is 0.00920. The molecule has 2 aromatic carbocycles. The third kappa shape index (κ3) is 3.61. The molecule has 9 heteroatoms. The van der Waals surface area contributed by atoms with Crippen molar-refractivity contribution >= 4 is 10.0 Å². The largest absolute Gasteiger partial charge is 0.366 e. The number of aromatic nitrogens is 2. The summed E-state index contributed by atoms with van der Waals surface area (Å²) in [6.07, 6.45) is -0.688. The van der Waals surface area contributed by atoms with Gasteiger partial charge in [0.1, 0.15) is 5.82 Å². The molecule has 0 aliphatic carbocycles. The SMILES string of the molecule is O=S(=O)(c1cccc(F)c1)N1CCOC(c2nc(-c3ccccc3)no2)C1. The van der Waals surface area contributed by atoms with Crippen LogP contribution >= 0.6 is 0 Å². The molecule has 0 N–H and O–H groups in total. The van der Waals surface area contributed by atoms with Crippen molar-refractivity contribution in [1.82, 2.24) is 14.4 Å². The lowest BCUT2D eigenvalue weighted by molar-refractivity contribution is -0.0199. The van der Waals surface area contributed by atoms with Crippen LogP contribution in [0, 0.1) is 5.82 Å². The smallest absolute Gasteiger partial charge is 0.257 e. The van der Waals surface area contributed by atoms with E-state index in [1.807, 2.05) is 30.3 Å². The highest BCUT2D eigenvalue weighted by Crippen LogP contribution is 2.27. The number of benzene rings is 2. The van der Waals surface area contributed by atoms with E-state index in [-0.39, 0.29) is 30.5 Å². The van der Waals surface area contributed by atoms with Crippen LogP contribution in [0.15, 0.2) is 64.0 Å². The van der Waals surface area contributed by atoms with Crippen LogP contribution in [-0.4, -0.2) is 42.6 Å². The zero-order valence-electron chi connectivity index (χ0n) is 14.2. The monoisotopic (exact) mass is 389 g/mol. The molecule has 27 heavy (non-hydrogen) atoms. The van der Waals surface area contributed by atoms with E-state index in [1.165, 1.54) is 22.5 Å². The second-order valence-corrected chi connectivity index (χ2v) is 7.94. The first-order chi connectivity index (χ1) is 13.0. The summed E-state index contributed by atoms with van der Waals surface area (Å²) in [5.41, 5.74) is 0.785. The standard InChI is InChI=1S/C18H16FN3O4S/c19-14-7-4-8-15(11-14)27(23,24)22-9-10-25-16(12-22)18-20-17(21-26-18)13-5-2-1-3-6-13/h1-8,11,16H,9-10,12H2. The van der Waals surface area contributed by atoms with Gasteiger partial charge in [0.25, 0.3) is 5.89 Å². The fourth-order valence-electron chi connectivity index (χ4n) is 2.84. The van der Waals surface area contributed by atoms with Gasteiger partial charge in [0.2, 0.25) is 15.8 Å². The highest BCUT2D eigenvalue weighted by molar-refractivity contribution is 7.89. The van der Waals surface area contributed by atoms with E-state index in [2.05, 4.69) is 10.1 Å². The number of ether oxygens (including phenoxy) is 1. The van der Waals surface area contributed by atoms with Crippen LogP contribution in [0.2, 0.25) is 0 Å². The fraction of sp³-hybridized carbons (Fsp3) is 0.222. The van der Waals surface area contributed by atoms with Crippen molar-refractivity contribution in [3.05, 3.63) is 66.3 Å². The molecule has 3 aromatic rings. The maximum Gasteiger partial charge on any atom is 0.257 e. The second-order valence-electron chi connectivity index (χ2n) is 6.00. The molecule has 1 fully saturated rings. The van der Waals surface area contributed by atoms with Crippen molar-refractivity contribution in [1.29, 1.82) is 0 Å². The Bertz CT molecular complexity index is 1040. The number of sulfonamides is 1.